The summed E-state index contributed by atoms with van der Waals surface area (Å²) in [4.78, 5) is 3.70. The fourth-order valence-corrected chi connectivity index (χ4v) is 0.465. The molecule has 0 saturated carbocycles. The van der Waals surface area contributed by atoms with Gasteiger partial charge in [-0.2, -0.15) is 0 Å². The molecule has 42 valence electrons. The van der Waals surface area contributed by atoms with Crippen LogP contribution in [0.25, 0.3) is 0 Å². The van der Waals surface area contributed by atoms with E-state index < -0.39 is 0 Å². The van der Waals surface area contributed by atoms with Crippen LogP contribution in [-0.2, 0) is 0 Å². The minimum Gasteiger partial charge on any atom is -0.259 e. The number of pyridine rings is 1. The minimum atomic E-state index is -0.243. The van der Waals surface area contributed by atoms with E-state index >= 15 is 0 Å². The molecule has 1 rings (SSSR count). The maximum atomic E-state index is 12.3. The van der Waals surface area contributed by atoms with Crippen LogP contribution >= 0.6 is 0 Å². The van der Waals surface area contributed by atoms with Crippen LogP contribution in [0.2, 0.25) is 0 Å². The van der Waals surface area contributed by atoms with Crippen LogP contribution in [0, 0.1) is 12.7 Å². The number of aromatic nitrogens is 1. The molecule has 1 nitrogen and oxygen atoms in total. The first kappa shape index (κ1) is 5.22. The summed E-state index contributed by atoms with van der Waals surface area (Å²) in [6.45, 7) is 1.63. The van der Waals surface area contributed by atoms with Crippen LogP contribution in [-0.4, -0.2) is 4.98 Å². The molecule has 0 aromatic carbocycles. The van der Waals surface area contributed by atoms with Gasteiger partial charge in [-0.15, -0.1) is 0 Å². The van der Waals surface area contributed by atoms with E-state index in [-0.39, 0.29) is 5.82 Å². The lowest BCUT2D eigenvalue weighted by atomic mass is 10.4. The van der Waals surface area contributed by atoms with Gasteiger partial charge >= 0.3 is 0 Å². The van der Waals surface area contributed by atoms with Gasteiger partial charge in [0.2, 0.25) is 0 Å². The molecule has 0 fully saturated rings. The van der Waals surface area contributed by atoms with Gasteiger partial charge in [-0.05, 0) is 19.1 Å². The van der Waals surface area contributed by atoms with E-state index in [0.717, 1.165) is 0 Å². The van der Waals surface area contributed by atoms with Crippen LogP contribution in [0.4, 0.5) is 4.39 Å². The first-order valence-corrected chi connectivity index (χ1v) is 2.38. The Morgan fingerprint density at radius 1 is 1.62 bits per heavy atom. The van der Waals surface area contributed by atoms with Gasteiger partial charge in [-0.3, -0.25) is 4.98 Å². The summed E-state index contributed by atoms with van der Waals surface area (Å²) in [5.41, 5.74) is 0.451. The monoisotopic (exact) mass is 111 g/mol. The van der Waals surface area contributed by atoms with Gasteiger partial charge in [0.1, 0.15) is 5.82 Å². The maximum absolute atomic E-state index is 12.3. The highest BCUT2D eigenvalue weighted by atomic mass is 19.1. The maximum Gasteiger partial charge on any atom is 0.144 e. The van der Waals surface area contributed by atoms with Crippen molar-refractivity contribution in [2.24, 2.45) is 0 Å². The van der Waals surface area contributed by atoms with Crippen molar-refractivity contribution in [1.82, 2.24) is 4.98 Å². The number of rotatable bonds is 0. The molecule has 1 aromatic heterocycles. The summed E-state index contributed by atoms with van der Waals surface area (Å²) in [5.74, 6) is -0.243. The van der Waals surface area contributed by atoms with E-state index in [1.807, 2.05) is 0 Å². The normalized spacial score (nSPS) is 9.25. The average Bonchev–Trinajstić information content (AvgIpc) is 1.77. The smallest absolute Gasteiger partial charge is 0.144 e. The summed E-state index contributed by atoms with van der Waals surface area (Å²) in [6.07, 6.45) is 1.57. The van der Waals surface area contributed by atoms with Gasteiger partial charge in [0.15, 0.2) is 0 Å². The summed E-state index contributed by atoms with van der Waals surface area (Å²) in [7, 11) is 0. The van der Waals surface area contributed by atoms with Crippen molar-refractivity contribution < 1.29 is 4.39 Å². The Morgan fingerprint density at radius 3 is 2.75 bits per heavy atom. The molecule has 0 bridgehead atoms. The van der Waals surface area contributed by atoms with Gasteiger partial charge in [0.05, 0.1) is 5.69 Å². The molecular weight excluding hydrogens is 105 g/mol. The van der Waals surface area contributed by atoms with E-state index in [0.29, 0.717) is 5.69 Å². The molecule has 0 spiro atoms. The van der Waals surface area contributed by atoms with Gasteiger partial charge in [0, 0.05) is 6.20 Å². The van der Waals surface area contributed by atoms with Gasteiger partial charge in [0.25, 0.3) is 0 Å². The Labute approximate surface area is 47.2 Å². The summed E-state index contributed by atoms with van der Waals surface area (Å²) in [5, 5.41) is 0. The second-order valence-corrected chi connectivity index (χ2v) is 1.57. The molecule has 0 unspecified atom stereocenters. The molecule has 0 amide bonds. The lowest BCUT2D eigenvalue weighted by molar-refractivity contribution is 0.610. The zero-order valence-corrected chi connectivity index (χ0v) is 4.56. The van der Waals surface area contributed by atoms with Crippen molar-refractivity contribution in [3.63, 3.8) is 0 Å². The molecule has 1 aromatic rings. The minimum absolute atomic E-state index is 0.243. The predicted molar refractivity (Wildman–Crippen MR) is 28.9 cm³/mol. The van der Waals surface area contributed by atoms with Gasteiger partial charge in [-0.25, -0.2) is 4.39 Å². The molecule has 0 radical (unpaired) electrons. The van der Waals surface area contributed by atoms with Crippen molar-refractivity contribution in [3.8, 4) is 0 Å². The molecular formula is C6H6FN. The molecule has 2 heteroatoms. The largest absolute Gasteiger partial charge is 0.259 e. The third-order valence-corrected chi connectivity index (χ3v) is 0.942. The quantitative estimate of drug-likeness (QED) is 0.494. The highest BCUT2D eigenvalue weighted by Crippen LogP contribution is 1.97. The second kappa shape index (κ2) is 1.90. The van der Waals surface area contributed by atoms with E-state index in [1.165, 1.54) is 6.07 Å². The summed E-state index contributed by atoms with van der Waals surface area (Å²) in [6, 6.07) is 2.96. The van der Waals surface area contributed by atoms with Crippen LogP contribution < -0.4 is 0 Å². The SMILES string of the molecule is Cc1ncccc1F. The fraction of sp³-hybridized carbons (Fsp3) is 0.167. The number of aryl methyl sites for hydroxylation is 1. The molecule has 0 saturated heterocycles. The molecule has 0 N–H and O–H groups in total. The van der Waals surface area contributed by atoms with Crippen LogP contribution in [0.5, 0.6) is 0 Å². The predicted octanol–water partition coefficient (Wildman–Crippen LogP) is 1.53. The number of nitrogens with zero attached hydrogens (tertiary/aromatic N) is 1. The first-order valence-electron chi connectivity index (χ1n) is 2.38. The first-order chi connectivity index (χ1) is 3.80. The summed E-state index contributed by atoms with van der Waals surface area (Å²) >= 11 is 0. The van der Waals surface area contributed by atoms with Gasteiger partial charge < -0.3 is 0 Å². The summed E-state index contributed by atoms with van der Waals surface area (Å²) < 4.78 is 12.3. The molecule has 0 aliphatic rings. The Morgan fingerprint density at radius 2 is 2.38 bits per heavy atom. The third-order valence-electron chi connectivity index (χ3n) is 0.942. The zero-order chi connectivity index (χ0) is 5.98. The molecule has 8 heavy (non-hydrogen) atoms. The average molecular weight is 111 g/mol. The van der Waals surface area contributed by atoms with Crippen molar-refractivity contribution in [2.75, 3.05) is 0 Å². The number of halogens is 1. The molecule has 0 atom stereocenters. The van der Waals surface area contributed by atoms with E-state index in [1.54, 1.807) is 19.2 Å². The highest BCUT2D eigenvalue weighted by molar-refractivity contribution is 5.03. The lowest BCUT2D eigenvalue weighted by Crippen LogP contribution is -1.82. The van der Waals surface area contributed by atoms with Crippen LogP contribution in [0.1, 0.15) is 5.69 Å². The van der Waals surface area contributed by atoms with E-state index in [4.69, 9.17) is 0 Å². The number of hydrogen-bond acceptors (Lipinski definition) is 1. The molecule has 0 aliphatic carbocycles. The number of hydrogen-bond donors (Lipinski definition) is 0. The highest BCUT2D eigenvalue weighted by Gasteiger charge is 1.90. The molecule has 1 heterocycles. The second-order valence-electron chi connectivity index (χ2n) is 1.57. The van der Waals surface area contributed by atoms with E-state index in [2.05, 4.69) is 4.98 Å². The van der Waals surface area contributed by atoms with Crippen LogP contribution in [0.15, 0.2) is 18.3 Å². The third kappa shape index (κ3) is 0.832. The fourth-order valence-electron chi connectivity index (χ4n) is 0.465. The van der Waals surface area contributed by atoms with Crippen molar-refractivity contribution in [2.45, 2.75) is 6.92 Å². The Bertz CT molecular complexity index is 165. The van der Waals surface area contributed by atoms with Crippen molar-refractivity contribution in [3.05, 3.63) is 29.8 Å². The van der Waals surface area contributed by atoms with Crippen molar-refractivity contribution in [1.29, 1.82) is 0 Å². The lowest BCUT2D eigenvalue weighted by Gasteiger charge is -1.88. The van der Waals surface area contributed by atoms with Crippen molar-refractivity contribution >= 4 is 0 Å². The van der Waals surface area contributed by atoms with E-state index in [9.17, 15) is 4.39 Å². The Hall–Kier alpha value is -0.920. The standard InChI is InChI=1S/C6H6FN/c1-5-6(7)3-2-4-8-5/h2-4H,1H3. The van der Waals surface area contributed by atoms with Gasteiger partial charge in [-0.1, -0.05) is 0 Å². The Balaban J connectivity index is 3.13. The molecule has 0 aliphatic heterocycles. The van der Waals surface area contributed by atoms with Crippen LogP contribution in [0.3, 0.4) is 0 Å². The topological polar surface area (TPSA) is 12.9 Å². The zero-order valence-electron chi connectivity index (χ0n) is 4.56. The Kier molecular flexibility index (Phi) is 1.24.